The summed E-state index contributed by atoms with van der Waals surface area (Å²) >= 11 is 3.50. The third-order valence-corrected chi connectivity index (χ3v) is 6.12. The predicted octanol–water partition coefficient (Wildman–Crippen LogP) is 4.80. The molecule has 146 valence electrons. The lowest BCUT2D eigenvalue weighted by Crippen LogP contribution is -2.34. The highest BCUT2D eigenvalue weighted by molar-refractivity contribution is 9.10. The molecule has 0 saturated carbocycles. The van der Waals surface area contributed by atoms with Crippen LogP contribution in [0.5, 0.6) is 0 Å². The summed E-state index contributed by atoms with van der Waals surface area (Å²) in [4.78, 5) is 12.2. The van der Waals surface area contributed by atoms with Gasteiger partial charge in [0.15, 0.2) is 5.82 Å². The molecule has 0 amide bonds. The minimum absolute atomic E-state index is 0.761. The number of rotatable bonds is 5. The summed E-state index contributed by atoms with van der Waals surface area (Å²) < 4.78 is 1.06. The van der Waals surface area contributed by atoms with Gasteiger partial charge in [-0.15, -0.1) is 0 Å². The van der Waals surface area contributed by atoms with E-state index in [1.165, 1.54) is 31.5 Å². The summed E-state index contributed by atoms with van der Waals surface area (Å²) in [7, 11) is 2.21. The lowest BCUT2D eigenvalue weighted by atomic mass is 9.97. The maximum absolute atomic E-state index is 4.94. The molecule has 1 fully saturated rings. The number of likely N-dealkylation sites (tertiary alicyclic amines) is 1. The molecule has 0 bridgehead atoms. The fraction of sp³-hybridized carbons (Fsp3) is 0.391. The third kappa shape index (κ3) is 4.59. The number of benzene rings is 2. The summed E-state index contributed by atoms with van der Waals surface area (Å²) in [5.74, 6) is 1.55. The van der Waals surface area contributed by atoms with Gasteiger partial charge < -0.3 is 10.2 Å². The Morgan fingerprint density at radius 2 is 1.82 bits per heavy atom. The Balaban J connectivity index is 1.58. The smallest absolute Gasteiger partial charge is 0.160 e. The first-order valence-corrected chi connectivity index (χ1v) is 10.8. The van der Waals surface area contributed by atoms with Crippen LogP contribution in [0.1, 0.15) is 24.1 Å². The van der Waals surface area contributed by atoms with Crippen molar-refractivity contribution in [1.29, 1.82) is 0 Å². The molecule has 2 heterocycles. The molecule has 4 rings (SSSR count). The second-order valence-corrected chi connectivity index (χ2v) is 8.81. The summed E-state index contributed by atoms with van der Waals surface area (Å²) in [6.45, 7) is 6.36. The van der Waals surface area contributed by atoms with E-state index in [1.54, 1.807) is 0 Å². The van der Waals surface area contributed by atoms with Gasteiger partial charge in [-0.3, -0.25) is 0 Å². The molecule has 1 aromatic heterocycles. The van der Waals surface area contributed by atoms with Gasteiger partial charge in [0, 0.05) is 22.0 Å². The molecular weight excluding hydrogens is 412 g/mol. The Bertz CT molecular complexity index is 947. The van der Waals surface area contributed by atoms with E-state index in [0.717, 1.165) is 51.5 Å². The van der Waals surface area contributed by atoms with Crippen LogP contribution in [0.3, 0.4) is 0 Å². The van der Waals surface area contributed by atoms with Gasteiger partial charge in [-0.25, -0.2) is 9.97 Å². The first-order valence-electron chi connectivity index (χ1n) is 10.0. The monoisotopic (exact) mass is 438 g/mol. The number of nitrogens with zero attached hydrogens (tertiary/aromatic N) is 3. The molecule has 0 aliphatic carbocycles. The van der Waals surface area contributed by atoms with Crippen molar-refractivity contribution in [2.75, 3.05) is 26.7 Å². The molecule has 0 atom stereocenters. The minimum atomic E-state index is 0.761. The van der Waals surface area contributed by atoms with Crippen molar-refractivity contribution in [1.82, 2.24) is 20.2 Å². The number of fused-ring (bicyclic) bond motifs is 1. The van der Waals surface area contributed by atoms with Crippen LogP contribution in [0.4, 0.5) is 0 Å². The van der Waals surface area contributed by atoms with Gasteiger partial charge in [0.05, 0.1) is 11.2 Å². The maximum Gasteiger partial charge on any atom is 0.160 e. The van der Waals surface area contributed by atoms with Gasteiger partial charge in [-0.1, -0.05) is 39.7 Å². The van der Waals surface area contributed by atoms with Crippen molar-refractivity contribution in [2.45, 2.75) is 26.3 Å². The van der Waals surface area contributed by atoms with Gasteiger partial charge in [0.25, 0.3) is 0 Å². The third-order valence-electron chi connectivity index (χ3n) is 5.60. The second-order valence-electron chi connectivity index (χ2n) is 7.90. The molecule has 1 N–H and O–H groups in total. The fourth-order valence-corrected chi connectivity index (χ4v) is 4.09. The zero-order valence-electron chi connectivity index (χ0n) is 16.6. The number of hydrogen-bond donors (Lipinski definition) is 1. The zero-order valence-corrected chi connectivity index (χ0v) is 18.2. The molecular formula is C23H27BrN4. The van der Waals surface area contributed by atoms with Crippen molar-refractivity contribution in [3.8, 4) is 11.4 Å². The first kappa shape index (κ1) is 19.5. The first-order chi connectivity index (χ1) is 13.6. The highest BCUT2D eigenvalue weighted by Crippen LogP contribution is 2.24. The number of aryl methyl sites for hydroxylation is 1. The van der Waals surface area contributed by atoms with E-state index in [0.29, 0.717) is 0 Å². The summed E-state index contributed by atoms with van der Waals surface area (Å²) in [6.07, 6.45) is 2.55. The molecule has 1 aliphatic heterocycles. The maximum atomic E-state index is 4.94. The average molecular weight is 439 g/mol. The van der Waals surface area contributed by atoms with Crippen molar-refractivity contribution in [3.05, 3.63) is 58.2 Å². The molecule has 2 aromatic carbocycles. The van der Waals surface area contributed by atoms with E-state index in [2.05, 4.69) is 70.4 Å². The zero-order chi connectivity index (χ0) is 19.5. The summed E-state index contributed by atoms with van der Waals surface area (Å²) in [5.41, 5.74) is 4.38. The highest BCUT2D eigenvalue weighted by Gasteiger charge is 2.16. The van der Waals surface area contributed by atoms with Crippen molar-refractivity contribution >= 4 is 26.8 Å². The van der Waals surface area contributed by atoms with Crippen LogP contribution in [-0.2, 0) is 6.54 Å². The molecule has 0 spiro atoms. The van der Waals surface area contributed by atoms with E-state index >= 15 is 0 Å². The van der Waals surface area contributed by atoms with Crippen LogP contribution >= 0.6 is 15.9 Å². The van der Waals surface area contributed by atoms with Crippen LogP contribution in [0.25, 0.3) is 22.3 Å². The van der Waals surface area contributed by atoms with Crippen LogP contribution < -0.4 is 5.32 Å². The van der Waals surface area contributed by atoms with E-state index < -0.39 is 0 Å². The lowest BCUT2D eigenvalue weighted by molar-refractivity contribution is 0.216. The van der Waals surface area contributed by atoms with E-state index in [1.807, 2.05) is 12.1 Å². The number of hydrogen-bond acceptors (Lipinski definition) is 4. The molecule has 1 aliphatic rings. The predicted molar refractivity (Wildman–Crippen MR) is 119 cm³/mol. The van der Waals surface area contributed by atoms with Crippen molar-refractivity contribution in [2.24, 2.45) is 5.92 Å². The Morgan fingerprint density at radius 3 is 2.57 bits per heavy atom. The molecule has 5 heteroatoms. The SMILES string of the molecule is Cc1ccc2nc(-c3ccc(Br)cc3)nc(CNCC3CCN(C)CC3)c2c1. The summed E-state index contributed by atoms with van der Waals surface area (Å²) in [6, 6.07) is 14.6. The number of aromatic nitrogens is 2. The number of halogens is 1. The van der Waals surface area contributed by atoms with Gasteiger partial charge in [-0.2, -0.15) is 0 Å². The Morgan fingerprint density at radius 1 is 1.07 bits per heavy atom. The average Bonchev–Trinajstić information content (AvgIpc) is 2.70. The topological polar surface area (TPSA) is 41.1 Å². The minimum Gasteiger partial charge on any atom is -0.311 e. The van der Waals surface area contributed by atoms with Gasteiger partial charge in [0.1, 0.15) is 0 Å². The van der Waals surface area contributed by atoms with Gasteiger partial charge >= 0.3 is 0 Å². The molecule has 0 unspecified atom stereocenters. The van der Waals surface area contributed by atoms with Crippen LogP contribution in [-0.4, -0.2) is 41.5 Å². The Kier molecular flexibility index (Phi) is 6.04. The van der Waals surface area contributed by atoms with Crippen LogP contribution in [0.15, 0.2) is 46.9 Å². The second kappa shape index (κ2) is 8.68. The van der Waals surface area contributed by atoms with Crippen LogP contribution in [0.2, 0.25) is 0 Å². The molecule has 4 nitrogen and oxygen atoms in total. The largest absolute Gasteiger partial charge is 0.311 e. The van der Waals surface area contributed by atoms with E-state index in [4.69, 9.17) is 9.97 Å². The molecule has 3 aromatic rings. The van der Waals surface area contributed by atoms with Crippen molar-refractivity contribution in [3.63, 3.8) is 0 Å². The standard InChI is InChI=1S/C23H27BrN4/c1-16-3-8-21-20(13-16)22(15-25-14-17-9-11-28(2)12-10-17)27-23(26-21)18-4-6-19(24)7-5-18/h3-8,13,17,25H,9-12,14-15H2,1-2H3. The number of piperidine rings is 1. The van der Waals surface area contributed by atoms with Crippen molar-refractivity contribution < 1.29 is 0 Å². The Hall–Kier alpha value is -1.82. The Labute approximate surface area is 175 Å². The molecule has 28 heavy (non-hydrogen) atoms. The van der Waals surface area contributed by atoms with E-state index in [-0.39, 0.29) is 0 Å². The molecule has 1 saturated heterocycles. The lowest BCUT2D eigenvalue weighted by Gasteiger charge is -2.29. The normalized spacial score (nSPS) is 16.0. The fourth-order valence-electron chi connectivity index (χ4n) is 3.83. The van der Waals surface area contributed by atoms with Crippen LogP contribution in [0, 0.1) is 12.8 Å². The number of nitrogens with one attached hydrogen (secondary N) is 1. The summed E-state index contributed by atoms with van der Waals surface area (Å²) in [5, 5.41) is 4.82. The van der Waals surface area contributed by atoms with E-state index in [9.17, 15) is 0 Å². The highest BCUT2D eigenvalue weighted by atomic mass is 79.9. The molecule has 0 radical (unpaired) electrons. The quantitative estimate of drug-likeness (QED) is 0.620. The van der Waals surface area contributed by atoms with Gasteiger partial charge in [0.2, 0.25) is 0 Å². The van der Waals surface area contributed by atoms with Gasteiger partial charge in [-0.05, 0) is 76.6 Å².